The molecule has 1 atom stereocenters. The Bertz CT molecular complexity index is 1360. The number of hydrogen-bond donors (Lipinski definition) is 1. The average Bonchev–Trinajstić information content (AvgIpc) is 3.16. The van der Waals surface area contributed by atoms with Gasteiger partial charge in [0, 0.05) is 19.2 Å². The number of rotatable bonds is 11. The van der Waals surface area contributed by atoms with Gasteiger partial charge in [-0.1, -0.05) is 54.0 Å². The van der Waals surface area contributed by atoms with E-state index in [9.17, 15) is 17.6 Å². The first-order chi connectivity index (χ1) is 18.0. The number of sulfonamides is 1. The van der Waals surface area contributed by atoms with E-state index in [4.69, 9.17) is 23.2 Å². The standard InChI is InChI=1S/C28H35Cl2FN4O3S/c1-19(12-15-24-32-25(28(4,5)33-24)26(36)34(6)18-27(2,3)31)35(17-20-13-14-22(29)23(30)16-20)39(37,38)21-10-8-7-9-11-21/h7-11,13-14,16,25H,1,12,15,17-18H2,2-6H3,(H,32,33)/t25-/m0/s1. The van der Waals surface area contributed by atoms with E-state index in [1.165, 1.54) is 35.2 Å². The third kappa shape index (κ3) is 7.74. The summed E-state index contributed by atoms with van der Waals surface area (Å²) < 4.78 is 42.7. The Morgan fingerprint density at radius 2 is 1.79 bits per heavy atom. The summed E-state index contributed by atoms with van der Waals surface area (Å²) in [7, 11) is -2.38. The summed E-state index contributed by atoms with van der Waals surface area (Å²) in [6.45, 7) is 10.6. The van der Waals surface area contributed by atoms with Crippen molar-refractivity contribution in [1.82, 2.24) is 14.5 Å². The van der Waals surface area contributed by atoms with Gasteiger partial charge in [0.05, 0.1) is 39.4 Å². The van der Waals surface area contributed by atoms with Gasteiger partial charge in [0.1, 0.15) is 5.67 Å². The summed E-state index contributed by atoms with van der Waals surface area (Å²) in [5.74, 6) is 0.263. The third-order valence-electron chi connectivity index (χ3n) is 6.30. The number of amides is 1. The highest BCUT2D eigenvalue weighted by Gasteiger charge is 2.42. The molecular weight excluding hydrogens is 562 g/mol. The van der Waals surface area contributed by atoms with E-state index in [2.05, 4.69) is 16.9 Å². The number of carbonyl (C=O) groups excluding carboxylic acids is 1. The molecule has 2 aromatic carbocycles. The van der Waals surface area contributed by atoms with E-state index in [1.807, 2.05) is 13.8 Å². The van der Waals surface area contributed by atoms with Crippen molar-refractivity contribution < 1.29 is 17.6 Å². The van der Waals surface area contributed by atoms with E-state index in [1.54, 1.807) is 43.4 Å². The van der Waals surface area contributed by atoms with Gasteiger partial charge in [-0.15, -0.1) is 0 Å². The fourth-order valence-corrected chi connectivity index (χ4v) is 6.24. The zero-order chi connectivity index (χ0) is 29.2. The number of aliphatic imine (C=N–C) groups is 1. The Hall–Kier alpha value is -2.62. The molecule has 0 aromatic heterocycles. The van der Waals surface area contributed by atoms with Crippen LogP contribution in [0.1, 0.15) is 46.1 Å². The fourth-order valence-electron chi connectivity index (χ4n) is 4.41. The predicted molar refractivity (Wildman–Crippen MR) is 155 cm³/mol. The molecule has 1 aliphatic rings. The maximum Gasteiger partial charge on any atom is 0.264 e. The van der Waals surface area contributed by atoms with Crippen molar-refractivity contribution in [2.24, 2.45) is 4.99 Å². The highest BCUT2D eigenvalue weighted by molar-refractivity contribution is 7.89. The Balaban J connectivity index is 1.82. The third-order valence-corrected chi connectivity index (χ3v) is 8.88. The molecule has 39 heavy (non-hydrogen) atoms. The van der Waals surface area contributed by atoms with Gasteiger partial charge < -0.3 is 10.2 Å². The number of likely N-dealkylation sites (N-methyl/N-ethyl adjacent to an activating group) is 1. The topological polar surface area (TPSA) is 82.1 Å². The van der Waals surface area contributed by atoms with Crippen LogP contribution in [0.2, 0.25) is 10.0 Å². The first-order valence-corrected chi connectivity index (χ1v) is 14.7. The van der Waals surface area contributed by atoms with Crippen LogP contribution in [0.5, 0.6) is 0 Å². The minimum absolute atomic E-state index is 0.00324. The van der Waals surface area contributed by atoms with Crippen LogP contribution in [0.4, 0.5) is 4.39 Å². The van der Waals surface area contributed by atoms with Crippen LogP contribution in [-0.2, 0) is 21.4 Å². The van der Waals surface area contributed by atoms with Crippen LogP contribution in [-0.4, -0.2) is 60.2 Å². The monoisotopic (exact) mass is 596 g/mol. The number of halogens is 3. The summed E-state index contributed by atoms with van der Waals surface area (Å²) >= 11 is 12.2. The zero-order valence-electron chi connectivity index (χ0n) is 22.8. The molecule has 11 heteroatoms. The quantitative estimate of drug-likeness (QED) is 0.353. The number of hydrogen-bond acceptors (Lipinski definition) is 5. The van der Waals surface area contributed by atoms with Crippen LogP contribution in [0.15, 0.2) is 70.7 Å². The van der Waals surface area contributed by atoms with Gasteiger partial charge in [-0.05, 0) is 63.9 Å². The maximum absolute atomic E-state index is 14.1. The second-order valence-electron chi connectivity index (χ2n) is 10.9. The van der Waals surface area contributed by atoms with Crippen molar-refractivity contribution in [2.45, 2.75) is 69.2 Å². The predicted octanol–water partition coefficient (Wildman–Crippen LogP) is 5.83. The van der Waals surface area contributed by atoms with Gasteiger partial charge in [0.15, 0.2) is 6.04 Å². The van der Waals surface area contributed by atoms with Crippen LogP contribution >= 0.6 is 23.2 Å². The largest absolute Gasteiger partial charge is 0.366 e. The highest BCUT2D eigenvalue weighted by Crippen LogP contribution is 2.29. The number of amidine groups is 1. The van der Waals surface area contributed by atoms with Gasteiger partial charge in [-0.2, -0.15) is 0 Å². The van der Waals surface area contributed by atoms with Gasteiger partial charge >= 0.3 is 0 Å². The molecule has 1 N–H and O–H groups in total. The lowest BCUT2D eigenvalue weighted by atomic mass is 9.95. The van der Waals surface area contributed by atoms with Crippen LogP contribution in [0.3, 0.4) is 0 Å². The van der Waals surface area contributed by atoms with Gasteiger partial charge in [-0.3, -0.25) is 14.1 Å². The summed E-state index contributed by atoms with van der Waals surface area (Å²) in [5.41, 5.74) is -1.24. The lowest BCUT2D eigenvalue weighted by Gasteiger charge is -2.31. The second-order valence-corrected chi connectivity index (χ2v) is 13.6. The molecule has 0 radical (unpaired) electrons. The zero-order valence-corrected chi connectivity index (χ0v) is 25.2. The molecule has 0 saturated heterocycles. The Morgan fingerprint density at radius 3 is 2.38 bits per heavy atom. The van der Waals surface area contributed by atoms with Crippen molar-refractivity contribution in [2.75, 3.05) is 13.6 Å². The number of benzene rings is 2. The molecular formula is C28H35Cl2FN4O3S. The first kappa shape index (κ1) is 30.9. The summed E-state index contributed by atoms with van der Waals surface area (Å²) in [6.07, 6.45) is 0.579. The minimum atomic E-state index is -3.94. The summed E-state index contributed by atoms with van der Waals surface area (Å²) in [5, 5.41) is 3.96. The number of allylic oxidation sites excluding steroid dienone is 1. The SMILES string of the molecule is C=C(CCC1=N[C@@H](C(=O)N(C)CC(C)(C)F)C(C)(C)N1)N(Cc1ccc(Cl)c(Cl)c1)S(=O)(=O)c1ccccc1. The normalized spacial score (nSPS) is 16.8. The molecule has 0 spiro atoms. The molecule has 2 aromatic rings. The molecule has 0 unspecified atom stereocenters. The molecule has 0 aliphatic carbocycles. The molecule has 3 rings (SSSR count). The first-order valence-electron chi connectivity index (χ1n) is 12.5. The Labute approximate surface area is 240 Å². The fraction of sp³-hybridized carbons (Fsp3) is 0.429. The van der Waals surface area contributed by atoms with Crippen LogP contribution < -0.4 is 5.32 Å². The summed E-state index contributed by atoms with van der Waals surface area (Å²) in [4.78, 5) is 19.1. The molecule has 0 bridgehead atoms. The highest BCUT2D eigenvalue weighted by atomic mass is 35.5. The molecule has 1 heterocycles. The van der Waals surface area contributed by atoms with Crippen molar-refractivity contribution in [3.8, 4) is 0 Å². The van der Waals surface area contributed by atoms with Crippen molar-refractivity contribution >= 4 is 45.0 Å². The smallest absolute Gasteiger partial charge is 0.264 e. The second kappa shape index (κ2) is 11.9. The van der Waals surface area contributed by atoms with Gasteiger partial charge in [0.2, 0.25) is 5.91 Å². The molecule has 212 valence electrons. The lowest BCUT2D eigenvalue weighted by Crippen LogP contribution is -2.53. The van der Waals surface area contributed by atoms with E-state index in [-0.39, 0.29) is 30.3 Å². The lowest BCUT2D eigenvalue weighted by molar-refractivity contribution is -0.133. The van der Waals surface area contributed by atoms with E-state index >= 15 is 0 Å². The molecule has 1 amide bonds. The van der Waals surface area contributed by atoms with Crippen LogP contribution in [0.25, 0.3) is 0 Å². The average molecular weight is 598 g/mol. The van der Waals surface area contributed by atoms with Crippen molar-refractivity contribution in [3.63, 3.8) is 0 Å². The molecule has 0 saturated carbocycles. The van der Waals surface area contributed by atoms with Gasteiger partial charge in [-0.25, -0.2) is 12.8 Å². The van der Waals surface area contributed by atoms with E-state index in [0.717, 1.165) is 0 Å². The van der Waals surface area contributed by atoms with E-state index < -0.39 is 27.3 Å². The van der Waals surface area contributed by atoms with Crippen molar-refractivity contribution in [1.29, 1.82) is 0 Å². The Morgan fingerprint density at radius 1 is 1.15 bits per heavy atom. The van der Waals surface area contributed by atoms with E-state index in [0.29, 0.717) is 33.6 Å². The number of nitrogens with zero attached hydrogens (tertiary/aromatic N) is 3. The number of nitrogens with one attached hydrogen (secondary N) is 1. The molecule has 7 nitrogen and oxygen atoms in total. The number of carbonyl (C=O) groups is 1. The Kier molecular flexibility index (Phi) is 9.40. The molecule has 0 fully saturated rings. The van der Waals surface area contributed by atoms with Crippen LogP contribution in [0, 0.1) is 0 Å². The van der Waals surface area contributed by atoms with Crippen molar-refractivity contribution in [3.05, 3.63) is 76.4 Å². The maximum atomic E-state index is 14.1. The number of alkyl halides is 1. The van der Waals surface area contributed by atoms with Gasteiger partial charge in [0.25, 0.3) is 10.0 Å². The minimum Gasteiger partial charge on any atom is -0.366 e. The molecule has 1 aliphatic heterocycles. The summed E-state index contributed by atoms with van der Waals surface area (Å²) in [6, 6.07) is 12.3.